The van der Waals surface area contributed by atoms with Crippen molar-refractivity contribution in [1.82, 2.24) is 9.62 Å². The van der Waals surface area contributed by atoms with Crippen LogP contribution in [0.15, 0.2) is 58.5 Å². The molecule has 0 spiro atoms. The first kappa shape index (κ1) is 27.2. The number of nitrogens with zero attached hydrogens (tertiary/aromatic N) is 2. The third-order valence-electron chi connectivity index (χ3n) is 6.45. The second-order valence-electron chi connectivity index (χ2n) is 8.87. The molecule has 0 heterocycles. The summed E-state index contributed by atoms with van der Waals surface area (Å²) in [4.78, 5) is 26.6. The molecular formula is C25H33N5O5S. The normalized spacial score (nSPS) is 15.4. The molecule has 0 aromatic heterocycles. The maximum absolute atomic E-state index is 13.5. The SMILES string of the molecule is COC(=O)Cc1ccc(S(=O)(=O)N[C@@H](Cc2ccc(/C(N)=N/N)cc2)C(=O)N(C)C2CCCC2)cc1. The van der Waals surface area contributed by atoms with Crippen molar-refractivity contribution in [2.45, 2.75) is 55.5 Å². The first-order chi connectivity index (χ1) is 17.1. The van der Waals surface area contributed by atoms with Crippen LogP contribution in [0.4, 0.5) is 0 Å². The van der Waals surface area contributed by atoms with Crippen LogP contribution in [0.5, 0.6) is 0 Å². The maximum atomic E-state index is 13.5. The van der Waals surface area contributed by atoms with Gasteiger partial charge in [-0.05, 0) is 42.5 Å². The van der Waals surface area contributed by atoms with E-state index in [0.717, 1.165) is 31.2 Å². The summed E-state index contributed by atoms with van der Waals surface area (Å²) in [5.74, 6) is 4.69. The van der Waals surface area contributed by atoms with Gasteiger partial charge < -0.3 is 21.2 Å². The Morgan fingerprint density at radius 1 is 1.08 bits per heavy atom. The zero-order valence-corrected chi connectivity index (χ0v) is 21.3. The van der Waals surface area contributed by atoms with Crippen LogP contribution in [0.2, 0.25) is 0 Å². The summed E-state index contributed by atoms with van der Waals surface area (Å²) in [6.45, 7) is 0. The van der Waals surface area contributed by atoms with Crippen LogP contribution in [0.3, 0.4) is 0 Å². The van der Waals surface area contributed by atoms with Gasteiger partial charge in [-0.25, -0.2) is 8.42 Å². The molecule has 10 nitrogen and oxygen atoms in total. The number of sulfonamides is 1. The highest BCUT2D eigenvalue weighted by molar-refractivity contribution is 7.89. The number of ether oxygens (including phenoxy) is 1. The summed E-state index contributed by atoms with van der Waals surface area (Å²) in [6.07, 6.45) is 4.07. The molecule has 0 unspecified atom stereocenters. The van der Waals surface area contributed by atoms with E-state index >= 15 is 0 Å². The van der Waals surface area contributed by atoms with Crippen molar-refractivity contribution < 1.29 is 22.7 Å². The van der Waals surface area contributed by atoms with E-state index in [0.29, 0.717) is 11.1 Å². The van der Waals surface area contributed by atoms with E-state index in [-0.39, 0.29) is 35.5 Å². The largest absolute Gasteiger partial charge is 0.469 e. The molecule has 194 valence electrons. The number of rotatable bonds is 10. The van der Waals surface area contributed by atoms with Crippen molar-refractivity contribution in [3.63, 3.8) is 0 Å². The van der Waals surface area contributed by atoms with E-state index in [9.17, 15) is 18.0 Å². The minimum absolute atomic E-state index is 0.000265. The van der Waals surface area contributed by atoms with Gasteiger partial charge in [0.2, 0.25) is 15.9 Å². The number of nitrogens with two attached hydrogens (primary N) is 2. The molecule has 36 heavy (non-hydrogen) atoms. The highest BCUT2D eigenvalue weighted by Gasteiger charge is 2.32. The van der Waals surface area contributed by atoms with Crippen molar-refractivity contribution in [3.8, 4) is 0 Å². The number of hydrogen-bond acceptors (Lipinski definition) is 7. The molecule has 11 heteroatoms. The quantitative estimate of drug-likeness (QED) is 0.141. The average Bonchev–Trinajstić information content (AvgIpc) is 3.42. The van der Waals surface area contributed by atoms with Crippen molar-refractivity contribution in [2.24, 2.45) is 16.7 Å². The lowest BCUT2D eigenvalue weighted by Gasteiger charge is -2.29. The molecule has 0 aliphatic heterocycles. The van der Waals surface area contributed by atoms with Crippen LogP contribution < -0.4 is 16.3 Å². The molecule has 5 N–H and O–H groups in total. The van der Waals surface area contributed by atoms with Crippen LogP contribution in [0, 0.1) is 0 Å². The number of nitrogens with one attached hydrogen (secondary N) is 1. The summed E-state index contributed by atoms with van der Waals surface area (Å²) in [7, 11) is -1.01. The highest BCUT2D eigenvalue weighted by Crippen LogP contribution is 2.24. The minimum atomic E-state index is -4.03. The van der Waals surface area contributed by atoms with Gasteiger partial charge in [0, 0.05) is 18.7 Å². The lowest BCUT2D eigenvalue weighted by molar-refractivity contribution is -0.139. The Kier molecular flexibility index (Phi) is 9.05. The molecule has 0 radical (unpaired) electrons. The lowest BCUT2D eigenvalue weighted by atomic mass is 10.0. The van der Waals surface area contributed by atoms with Crippen molar-refractivity contribution >= 4 is 27.7 Å². The summed E-state index contributed by atoms with van der Waals surface area (Å²) in [5, 5.41) is 3.47. The summed E-state index contributed by atoms with van der Waals surface area (Å²) in [6, 6.07) is 12.0. The third kappa shape index (κ3) is 6.82. The molecule has 3 rings (SSSR count). The van der Waals surface area contributed by atoms with Crippen molar-refractivity contribution in [1.29, 1.82) is 0 Å². The predicted octanol–water partition coefficient (Wildman–Crippen LogP) is 1.27. The molecule has 0 saturated heterocycles. The van der Waals surface area contributed by atoms with Gasteiger partial charge in [-0.3, -0.25) is 9.59 Å². The number of likely N-dealkylation sites (N-methyl/N-ethyl adjacent to an activating group) is 1. The first-order valence-corrected chi connectivity index (χ1v) is 13.2. The van der Waals surface area contributed by atoms with Gasteiger partial charge in [0.15, 0.2) is 0 Å². The van der Waals surface area contributed by atoms with Crippen molar-refractivity contribution in [3.05, 3.63) is 65.2 Å². The Bertz CT molecular complexity index is 1190. The van der Waals surface area contributed by atoms with E-state index in [1.807, 2.05) is 0 Å². The van der Waals surface area contributed by atoms with Crippen LogP contribution in [0.1, 0.15) is 42.4 Å². The smallest absolute Gasteiger partial charge is 0.309 e. The molecule has 2 aromatic carbocycles. The minimum Gasteiger partial charge on any atom is -0.469 e. The monoisotopic (exact) mass is 515 g/mol. The number of methoxy groups -OCH3 is 1. The predicted molar refractivity (Wildman–Crippen MR) is 136 cm³/mol. The zero-order chi connectivity index (χ0) is 26.3. The Morgan fingerprint density at radius 3 is 2.22 bits per heavy atom. The topological polar surface area (TPSA) is 157 Å². The molecule has 1 aliphatic rings. The van der Waals surface area contributed by atoms with E-state index in [1.54, 1.807) is 48.3 Å². The third-order valence-corrected chi connectivity index (χ3v) is 7.94. The molecule has 2 aromatic rings. The molecule has 1 aliphatic carbocycles. The Morgan fingerprint density at radius 2 is 1.67 bits per heavy atom. The highest BCUT2D eigenvalue weighted by atomic mass is 32.2. The Balaban J connectivity index is 1.84. The second kappa shape index (κ2) is 12.0. The second-order valence-corrected chi connectivity index (χ2v) is 10.6. The van der Waals surface area contributed by atoms with Gasteiger partial charge in [0.25, 0.3) is 0 Å². The zero-order valence-electron chi connectivity index (χ0n) is 20.5. The van der Waals surface area contributed by atoms with Crippen LogP contribution in [0.25, 0.3) is 0 Å². The van der Waals surface area contributed by atoms with Crippen LogP contribution in [-0.4, -0.2) is 57.3 Å². The molecule has 1 atom stereocenters. The number of benzene rings is 2. The number of carbonyl (C=O) groups excluding carboxylic acids is 2. The lowest BCUT2D eigenvalue weighted by Crippen LogP contribution is -2.50. The van der Waals surface area contributed by atoms with Gasteiger partial charge in [-0.15, -0.1) is 0 Å². The van der Waals surface area contributed by atoms with E-state index in [2.05, 4.69) is 14.6 Å². The fourth-order valence-corrected chi connectivity index (χ4v) is 5.49. The summed E-state index contributed by atoms with van der Waals surface area (Å²) in [5.41, 5.74) is 7.74. The van der Waals surface area contributed by atoms with Crippen molar-refractivity contribution in [2.75, 3.05) is 14.2 Å². The Labute approximate surface area is 211 Å². The number of hydrogen-bond donors (Lipinski definition) is 3. The van der Waals surface area contributed by atoms with Gasteiger partial charge in [-0.1, -0.05) is 49.2 Å². The van der Waals surface area contributed by atoms with E-state index in [1.165, 1.54) is 19.2 Å². The fourth-order valence-electron chi connectivity index (χ4n) is 4.30. The Hall–Kier alpha value is -3.44. The van der Waals surface area contributed by atoms with Gasteiger partial charge >= 0.3 is 5.97 Å². The number of esters is 1. The van der Waals surface area contributed by atoms with E-state index in [4.69, 9.17) is 11.6 Å². The van der Waals surface area contributed by atoms with Gasteiger partial charge in [0.1, 0.15) is 11.9 Å². The first-order valence-electron chi connectivity index (χ1n) is 11.7. The summed E-state index contributed by atoms with van der Waals surface area (Å²) < 4.78 is 33.7. The summed E-state index contributed by atoms with van der Waals surface area (Å²) >= 11 is 0. The van der Waals surface area contributed by atoms with Crippen LogP contribution >= 0.6 is 0 Å². The van der Waals surface area contributed by atoms with E-state index < -0.39 is 22.0 Å². The van der Waals surface area contributed by atoms with Gasteiger partial charge in [0.05, 0.1) is 18.4 Å². The number of carbonyl (C=O) groups is 2. The standard InChI is InChI=1S/C25H33N5O5S/c1-30(20-5-3-4-6-20)25(32)22(15-17-7-11-19(12-8-17)24(26)28-27)29-36(33,34)21-13-9-18(10-14-21)16-23(31)35-2/h7-14,20,22,29H,3-6,15-16,27H2,1-2H3,(H2,26,28)/t22-/m0/s1. The number of amides is 1. The fraction of sp³-hybridized carbons (Fsp3) is 0.400. The molecule has 1 fully saturated rings. The molecule has 1 amide bonds. The molecular weight excluding hydrogens is 482 g/mol. The van der Waals surface area contributed by atoms with Gasteiger partial charge in [-0.2, -0.15) is 9.82 Å². The maximum Gasteiger partial charge on any atom is 0.309 e. The molecule has 1 saturated carbocycles. The average molecular weight is 516 g/mol. The molecule has 0 bridgehead atoms. The van der Waals surface area contributed by atoms with Crippen LogP contribution in [-0.2, 0) is 37.2 Å². The number of hydrazone groups is 1. The number of amidine groups is 1.